The highest BCUT2D eigenvalue weighted by atomic mass is 19.4. The summed E-state index contributed by atoms with van der Waals surface area (Å²) in [6.07, 6.45) is -0.264. The summed E-state index contributed by atoms with van der Waals surface area (Å²) in [7, 11) is 0. The molecule has 2 heterocycles. The first-order valence-corrected chi connectivity index (χ1v) is 10.5. The van der Waals surface area contributed by atoms with E-state index in [2.05, 4.69) is 11.7 Å². The summed E-state index contributed by atoms with van der Waals surface area (Å²) in [5, 5.41) is 16.3. The van der Waals surface area contributed by atoms with Crippen LogP contribution in [0.15, 0.2) is 91.8 Å². The molecular formula is C26H19F4N3O. The molecule has 0 aliphatic carbocycles. The third-order valence-corrected chi connectivity index (χ3v) is 6.00. The zero-order valence-electron chi connectivity index (χ0n) is 17.8. The van der Waals surface area contributed by atoms with Crippen LogP contribution in [0.5, 0.6) is 0 Å². The fraction of sp³-hybridized carbons (Fsp3) is 0.115. The molecule has 4 nitrogen and oxygen atoms in total. The number of allylic oxidation sites excluding steroid dienone is 1. The van der Waals surface area contributed by atoms with Crippen LogP contribution < -0.4 is 0 Å². The highest BCUT2D eigenvalue weighted by Crippen LogP contribution is 2.47. The Hall–Kier alpha value is -3.91. The summed E-state index contributed by atoms with van der Waals surface area (Å²) in [6, 6.07) is 15.7. The van der Waals surface area contributed by atoms with E-state index in [-0.39, 0.29) is 11.1 Å². The minimum atomic E-state index is -5.00. The average molecular weight is 465 g/mol. The van der Waals surface area contributed by atoms with E-state index < -0.39 is 17.6 Å². The molecule has 2 aromatic heterocycles. The lowest BCUT2D eigenvalue weighted by molar-refractivity contribution is -0.247. The molecule has 3 aromatic carbocycles. The van der Waals surface area contributed by atoms with Crippen LogP contribution in [0.4, 0.5) is 17.6 Å². The Morgan fingerprint density at radius 2 is 1.74 bits per heavy atom. The summed E-state index contributed by atoms with van der Waals surface area (Å²) < 4.78 is 60.2. The molecule has 0 saturated heterocycles. The van der Waals surface area contributed by atoms with E-state index in [9.17, 15) is 22.7 Å². The highest BCUT2D eigenvalue weighted by molar-refractivity contribution is 5.86. The van der Waals surface area contributed by atoms with Crippen molar-refractivity contribution in [2.24, 2.45) is 0 Å². The number of benzene rings is 3. The first-order valence-electron chi connectivity index (χ1n) is 10.5. The van der Waals surface area contributed by atoms with E-state index in [0.717, 1.165) is 0 Å². The molecule has 1 N–H and O–H groups in total. The molecule has 34 heavy (non-hydrogen) atoms. The van der Waals surface area contributed by atoms with Gasteiger partial charge in [-0.25, -0.2) is 9.07 Å². The number of aromatic nitrogens is 3. The van der Waals surface area contributed by atoms with Gasteiger partial charge < -0.3 is 9.67 Å². The Kier molecular flexibility index (Phi) is 5.06. The van der Waals surface area contributed by atoms with E-state index in [1.165, 1.54) is 65.5 Å². The minimum Gasteiger partial charge on any atom is -0.372 e. The lowest BCUT2D eigenvalue weighted by Crippen LogP contribution is -2.43. The zero-order valence-corrected chi connectivity index (χ0v) is 17.8. The van der Waals surface area contributed by atoms with Crippen molar-refractivity contribution in [1.29, 1.82) is 0 Å². The van der Waals surface area contributed by atoms with Gasteiger partial charge in [-0.05, 0) is 54.1 Å². The Bertz CT molecular complexity index is 1520. The van der Waals surface area contributed by atoms with Crippen LogP contribution in [0.1, 0.15) is 11.1 Å². The predicted octanol–water partition coefficient (Wildman–Crippen LogP) is 6.10. The second-order valence-electron chi connectivity index (χ2n) is 8.01. The quantitative estimate of drug-likeness (QED) is 0.252. The Morgan fingerprint density at radius 3 is 2.44 bits per heavy atom. The number of nitrogens with zero attached hydrogens (tertiary/aromatic N) is 3. The molecule has 0 radical (unpaired) electrons. The first kappa shape index (κ1) is 21.9. The van der Waals surface area contributed by atoms with Gasteiger partial charge in [0, 0.05) is 34.6 Å². The number of aliphatic hydroxyl groups is 1. The molecule has 0 spiro atoms. The highest BCUT2D eigenvalue weighted by Gasteiger charge is 2.57. The van der Waals surface area contributed by atoms with E-state index in [1.54, 1.807) is 29.0 Å². The molecule has 0 aliphatic rings. The zero-order chi connectivity index (χ0) is 24.1. The van der Waals surface area contributed by atoms with Gasteiger partial charge in [-0.3, -0.25) is 0 Å². The van der Waals surface area contributed by atoms with Gasteiger partial charge in [-0.2, -0.15) is 18.3 Å². The monoisotopic (exact) mass is 465 g/mol. The van der Waals surface area contributed by atoms with E-state index >= 15 is 0 Å². The van der Waals surface area contributed by atoms with E-state index in [0.29, 0.717) is 34.0 Å². The molecule has 0 bridgehead atoms. The maximum Gasteiger partial charge on any atom is 0.425 e. The second-order valence-corrected chi connectivity index (χ2v) is 8.01. The number of halogens is 4. The number of hydrogen-bond acceptors (Lipinski definition) is 2. The van der Waals surface area contributed by atoms with Crippen LogP contribution in [0.3, 0.4) is 0 Å². The molecule has 5 rings (SSSR count). The van der Waals surface area contributed by atoms with Gasteiger partial charge in [-0.15, -0.1) is 6.58 Å². The van der Waals surface area contributed by atoms with Crippen molar-refractivity contribution in [3.8, 4) is 5.69 Å². The average Bonchev–Trinajstić information content (AvgIpc) is 3.42. The smallest absolute Gasteiger partial charge is 0.372 e. The summed E-state index contributed by atoms with van der Waals surface area (Å²) in [6.45, 7) is 4.10. The second kappa shape index (κ2) is 7.85. The van der Waals surface area contributed by atoms with Crippen molar-refractivity contribution in [2.45, 2.75) is 18.3 Å². The molecular weight excluding hydrogens is 446 g/mol. The van der Waals surface area contributed by atoms with Crippen molar-refractivity contribution in [3.05, 3.63) is 109 Å². The number of rotatable bonds is 5. The van der Waals surface area contributed by atoms with Gasteiger partial charge in [0.2, 0.25) is 5.60 Å². The maximum absolute atomic E-state index is 14.5. The minimum absolute atomic E-state index is 0.259. The SMILES string of the molecule is C=CCn1ccc2c(C(O)(c3ccc4c(cnn4-c4ccc(F)cc4)c3)C(F)(F)F)cccc21. The summed E-state index contributed by atoms with van der Waals surface area (Å²) >= 11 is 0. The summed E-state index contributed by atoms with van der Waals surface area (Å²) in [5.41, 5.74) is -2.19. The Morgan fingerprint density at radius 1 is 0.971 bits per heavy atom. The van der Waals surface area contributed by atoms with Crippen LogP contribution in [0, 0.1) is 5.82 Å². The largest absolute Gasteiger partial charge is 0.425 e. The third kappa shape index (κ3) is 3.30. The lowest BCUT2D eigenvalue weighted by Gasteiger charge is -2.32. The van der Waals surface area contributed by atoms with Crippen LogP contribution >= 0.6 is 0 Å². The Labute approximate surface area is 192 Å². The maximum atomic E-state index is 14.5. The van der Waals surface area contributed by atoms with Gasteiger partial charge in [0.1, 0.15) is 5.82 Å². The van der Waals surface area contributed by atoms with Crippen molar-refractivity contribution < 1.29 is 22.7 Å². The molecule has 1 atom stereocenters. The van der Waals surface area contributed by atoms with Crippen LogP contribution in [-0.4, -0.2) is 25.6 Å². The topological polar surface area (TPSA) is 43.0 Å². The first-order chi connectivity index (χ1) is 16.2. The standard InChI is InChI=1S/C26H19F4N3O/c1-2-13-32-14-12-21-22(4-3-5-24(21)32)25(34,26(28,29)30)18-6-11-23-17(15-18)16-31-33(23)20-9-7-19(27)8-10-20/h2-12,14-16,34H,1,13H2. The van der Waals surface area contributed by atoms with Gasteiger partial charge in [0.25, 0.3) is 0 Å². The molecule has 0 fully saturated rings. The lowest BCUT2D eigenvalue weighted by atomic mass is 9.83. The van der Waals surface area contributed by atoms with Gasteiger partial charge in [0.05, 0.1) is 17.4 Å². The molecule has 8 heteroatoms. The van der Waals surface area contributed by atoms with E-state index in [4.69, 9.17) is 0 Å². The van der Waals surface area contributed by atoms with E-state index in [1.807, 2.05) is 0 Å². The van der Waals surface area contributed by atoms with Crippen molar-refractivity contribution in [3.63, 3.8) is 0 Å². The third-order valence-electron chi connectivity index (χ3n) is 6.00. The van der Waals surface area contributed by atoms with Crippen molar-refractivity contribution in [1.82, 2.24) is 14.3 Å². The molecule has 0 saturated carbocycles. The van der Waals surface area contributed by atoms with Crippen molar-refractivity contribution in [2.75, 3.05) is 0 Å². The molecule has 1 unspecified atom stereocenters. The molecule has 172 valence electrons. The van der Waals surface area contributed by atoms with Crippen LogP contribution in [0.2, 0.25) is 0 Å². The molecule has 0 aliphatic heterocycles. The fourth-order valence-electron chi connectivity index (χ4n) is 4.36. The molecule has 0 amide bonds. The number of hydrogen-bond donors (Lipinski definition) is 1. The van der Waals surface area contributed by atoms with Gasteiger partial charge in [0.15, 0.2) is 0 Å². The predicted molar refractivity (Wildman–Crippen MR) is 122 cm³/mol. The van der Waals surface area contributed by atoms with Crippen molar-refractivity contribution >= 4 is 21.8 Å². The number of alkyl halides is 3. The normalized spacial score (nSPS) is 13.9. The van der Waals surface area contributed by atoms with Gasteiger partial charge >= 0.3 is 6.18 Å². The molecule has 5 aromatic rings. The van der Waals surface area contributed by atoms with Crippen LogP contribution in [-0.2, 0) is 12.1 Å². The fourth-order valence-corrected chi connectivity index (χ4v) is 4.36. The van der Waals surface area contributed by atoms with Crippen LogP contribution in [0.25, 0.3) is 27.5 Å². The van der Waals surface area contributed by atoms with Gasteiger partial charge in [-0.1, -0.05) is 24.3 Å². The summed E-state index contributed by atoms with van der Waals surface area (Å²) in [5.74, 6) is -0.408. The Balaban J connectivity index is 1.69. The summed E-state index contributed by atoms with van der Waals surface area (Å²) in [4.78, 5) is 0. The number of fused-ring (bicyclic) bond motifs is 2.